The predicted molar refractivity (Wildman–Crippen MR) is 131 cm³/mol. The van der Waals surface area contributed by atoms with E-state index in [0.717, 1.165) is 24.2 Å². The van der Waals surface area contributed by atoms with Gasteiger partial charge in [-0.25, -0.2) is 27.0 Å². The summed E-state index contributed by atoms with van der Waals surface area (Å²) in [6.45, 7) is 1.66. The van der Waals surface area contributed by atoms with Crippen LogP contribution in [0.25, 0.3) is 0 Å². The molecule has 3 aromatic rings. The maximum atomic E-state index is 12.7. The molecular formula is C22H22N4O5S3. The molecule has 1 fully saturated rings. The van der Waals surface area contributed by atoms with Crippen LogP contribution in [0.5, 0.6) is 0 Å². The highest BCUT2D eigenvalue weighted by atomic mass is 32.2. The third-order valence-electron chi connectivity index (χ3n) is 4.98. The molecule has 1 aliphatic carbocycles. The topological polar surface area (TPSA) is 134 Å². The molecular weight excluding hydrogens is 496 g/mol. The molecule has 12 heteroatoms. The van der Waals surface area contributed by atoms with Gasteiger partial charge in [-0.05, 0) is 61.0 Å². The van der Waals surface area contributed by atoms with Crippen LogP contribution >= 0.6 is 11.3 Å². The predicted octanol–water partition coefficient (Wildman–Crippen LogP) is 3.14. The number of nitrogens with one attached hydrogen (secondary N) is 3. The number of rotatable bonds is 9. The van der Waals surface area contributed by atoms with Gasteiger partial charge in [0, 0.05) is 6.04 Å². The van der Waals surface area contributed by atoms with Crippen LogP contribution in [0.15, 0.2) is 80.2 Å². The largest absolute Gasteiger partial charge is 0.278 e. The Hall–Kier alpha value is -3.06. The molecule has 0 bridgehead atoms. The quantitative estimate of drug-likeness (QED) is 0.296. The molecule has 1 amide bonds. The normalized spacial score (nSPS) is 14.6. The smallest absolute Gasteiger partial charge is 0.273 e. The molecule has 3 N–H and O–H groups in total. The Balaban J connectivity index is 1.46. The van der Waals surface area contributed by atoms with Crippen molar-refractivity contribution >= 4 is 48.7 Å². The van der Waals surface area contributed by atoms with Crippen molar-refractivity contribution in [2.75, 3.05) is 4.72 Å². The summed E-state index contributed by atoms with van der Waals surface area (Å²) in [6.07, 6.45) is 1.70. The Kier molecular flexibility index (Phi) is 6.84. The number of para-hydroxylation sites is 1. The van der Waals surface area contributed by atoms with E-state index in [1.807, 2.05) is 0 Å². The number of carbonyl (C=O) groups excluding carboxylic acids is 1. The summed E-state index contributed by atoms with van der Waals surface area (Å²) in [5, 5.41) is 5.73. The second-order valence-electron chi connectivity index (χ2n) is 7.64. The summed E-state index contributed by atoms with van der Waals surface area (Å²) in [5.74, 6) is -0.600. The molecule has 0 radical (unpaired) electrons. The van der Waals surface area contributed by atoms with Crippen molar-refractivity contribution in [1.82, 2.24) is 10.1 Å². The number of sulfonamides is 2. The number of hydrogen-bond donors (Lipinski definition) is 3. The molecule has 1 saturated carbocycles. The number of amides is 1. The van der Waals surface area contributed by atoms with Crippen molar-refractivity contribution in [2.45, 2.75) is 34.9 Å². The van der Waals surface area contributed by atoms with Gasteiger partial charge in [-0.15, -0.1) is 11.3 Å². The molecule has 0 spiro atoms. The fourth-order valence-corrected chi connectivity index (χ4v) is 6.38. The van der Waals surface area contributed by atoms with Crippen LogP contribution in [0.3, 0.4) is 0 Å². The SMILES string of the molecule is CC(=NNC(=O)c1ccccc1NS(=O)(=O)c1cccs1)c1ccc(S(=O)(=O)NC2CC2)cc1. The molecule has 34 heavy (non-hydrogen) atoms. The van der Waals surface area contributed by atoms with E-state index in [0.29, 0.717) is 11.3 Å². The molecule has 0 unspecified atom stereocenters. The number of hydrogen-bond acceptors (Lipinski definition) is 7. The maximum Gasteiger partial charge on any atom is 0.273 e. The average Bonchev–Trinajstić information content (AvgIpc) is 3.42. The monoisotopic (exact) mass is 518 g/mol. The zero-order valence-corrected chi connectivity index (χ0v) is 20.5. The number of thiophene rings is 1. The molecule has 1 heterocycles. The van der Waals surface area contributed by atoms with E-state index in [1.165, 1.54) is 30.3 Å². The van der Waals surface area contributed by atoms with E-state index < -0.39 is 26.0 Å². The highest BCUT2D eigenvalue weighted by molar-refractivity contribution is 7.94. The van der Waals surface area contributed by atoms with Gasteiger partial charge in [-0.1, -0.05) is 30.3 Å². The summed E-state index contributed by atoms with van der Waals surface area (Å²) in [6, 6.07) is 15.5. The van der Waals surface area contributed by atoms with Crippen LogP contribution in [0.1, 0.15) is 35.7 Å². The molecule has 1 aliphatic rings. The average molecular weight is 519 g/mol. The summed E-state index contributed by atoms with van der Waals surface area (Å²) in [4.78, 5) is 12.9. The van der Waals surface area contributed by atoms with Crippen LogP contribution in [0, 0.1) is 0 Å². The van der Waals surface area contributed by atoms with Crippen LogP contribution < -0.4 is 14.9 Å². The molecule has 2 aromatic carbocycles. The lowest BCUT2D eigenvalue weighted by Gasteiger charge is -2.11. The van der Waals surface area contributed by atoms with Crippen molar-refractivity contribution in [3.8, 4) is 0 Å². The molecule has 9 nitrogen and oxygen atoms in total. The lowest BCUT2D eigenvalue weighted by Crippen LogP contribution is -2.25. The third kappa shape index (κ3) is 5.70. The Morgan fingerprint density at radius 1 is 0.941 bits per heavy atom. The Morgan fingerprint density at radius 3 is 2.29 bits per heavy atom. The van der Waals surface area contributed by atoms with Gasteiger partial charge in [0.2, 0.25) is 10.0 Å². The Bertz CT molecular complexity index is 1430. The van der Waals surface area contributed by atoms with Crippen LogP contribution in [-0.2, 0) is 20.0 Å². The van der Waals surface area contributed by atoms with Gasteiger partial charge in [0.05, 0.1) is 21.9 Å². The zero-order valence-electron chi connectivity index (χ0n) is 18.1. The summed E-state index contributed by atoms with van der Waals surface area (Å²) >= 11 is 1.07. The summed E-state index contributed by atoms with van der Waals surface area (Å²) < 4.78 is 54.9. The first-order valence-electron chi connectivity index (χ1n) is 10.3. The second kappa shape index (κ2) is 9.66. The van der Waals surface area contributed by atoms with Crippen molar-refractivity contribution in [3.63, 3.8) is 0 Å². The van der Waals surface area contributed by atoms with Crippen molar-refractivity contribution in [2.24, 2.45) is 5.10 Å². The number of carbonyl (C=O) groups is 1. The standard InChI is InChI=1S/C22H22N4O5S3/c1-15(16-8-12-18(13-9-16)33(28,29)25-17-10-11-17)23-24-22(27)19-5-2-3-6-20(19)26-34(30,31)21-7-4-14-32-21/h2-9,12-14,17,25-26H,10-11H2,1H3,(H,24,27). The minimum Gasteiger partial charge on any atom is -0.278 e. The van der Waals surface area contributed by atoms with E-state index in [2.05, 4.69) is 20.0 Å². The molecule has 178 valence electrons. The molecule has 0 atom stereocenters. The first kappa shape index (κ1) is 24.1. The van der Waals surface area contributed by atoms with Gasteiger partial charge in [0.1, 0.15) is 4.21 Å². The van der Waals surface area contributed by atoms with Gasteiger partial charge in [0.25, 0.3) is 15.9 Å². The highest BCUT2D eigenvalue weighted by Crippen LogP contribution is 2.24. The van der Waals surface area contributed by atoms with E-state index in [1.54, 1.807) is 42.6 Å². The first-order valence-corrected chi connectivity index (χ1v) is 14.1. The number of anilines is 1. The minimum absolute atomic E-state index is 0.0147. The number of hydrazone groups is 1. The molecule has 0 saturated heterocycles. The molecule has 1 aromatic heterocycles. The van der Waals surface area contributed by atoms with E-state index >= 15 is 0 Å². The van der Waals surface area contributed by atoms with Crippen molar-refractivity contribution in [3.05, 3.63) is 77.2 Å². The summed E-state index contributed by atoms with van der Waals surface area (Å²) in [5.41, 5.74) is 3.72. The van der Waals surface area contributed by atoms with Gasteiger partial charge in [0.15, 0.2) is 0 Å². The lowest BCUT2D eigenvalue weighted by atomic mass is 10.1. The fraction of sp³-hybridized carbons (Fsp3) is 0.182. The third-order valence-corrected chi connectivity index (χ3v) is 9.28. The van der Waals surface area contributed by atoms with E-state index in [-0.39, 0.29) is 26.4 Å². The van der Waals surface area contributed by atoms with Crippen LogP contribution in [0.2, 0.25) is 0 Å². The fourth-order valence-electron chi connectivity index (χ4n) is 3.00. The molecule has 4 rings (SSSR count). The second-order valence-corrected chi connectivity index (χ2v) is 12.2. The number of nitrogens with zero attached hydrogens (tertiary/aromatic N) is 1. The van der Waals surface area contributed by atoms with Gasteiger partial charge < -0.3 is 0 Å². The minimum atomic E-state index is -3.82. The number of benzene rings is 2. The van der Waals surface area contributed by atoms with Crippen LogP contribution in [0.4, 0.5) is 5.69 Å². The van der Waals surface area contributed by atoms with E-state index in [4.69, 9.17) is 0 Å². The Morgan fingerprint density at radius 2 is 1.65 bits per heavy atom. The highest BCUT2D eigenvalue weighted by Gasteiger charge is 2.28. The van der Waals surface area contributed by atoms with Crippen molar-refractivity contribution < 1.29 is 21.6 Å². The van der Waals surface area contributed by atoms with Gasteiger partial charge in [-0.2, -0.15) is 5.10 Å². The first-order chi connectivity index (χ1) is 16.2. The van der Waals surface area contributed by atoms with Crippen LogP contribution in [-0.4, -0.2) is 34.5 Å². The summed E-state index contributed by atoms with van der Waals surface area (Å²) in [7, 11) is -7.37. The molecule has 0 aliphatic heterocycles. The van der Waals surface area contributed by atoms with Crippen molar-refractivity contribution in [1.29, 1.82) is 0 Å². The van der Waals surface area contributed by atoms with Gasteiger partial charge >= 0.3 is 0 Å². The lowest BCUT2D eigenvalue weighted by molar-refractivity contribution is 0.0955. The van der Waals surface area contributed by atoms with E-state index in [9.17, 15) is 21.6 Å². The maximum absolute atomic E-state index is 12.7. The van der Waals surface area contributed by atoms with Gasteiger partial charge in [-0.3, -0.25) is 9.52 Å². The zero-order chi connectivity index (χ0) is 24.3. The Labute approximate surface area is 202 Å².